The Balaban J connectivity index is 2.01. The lowest BCUT2D eigenvalue weighted by Gasteiger charge is -2.15. The largest absolute Gasteiger partial charge is 0.495 e. The average Bonchev–Trinajstić information content (AvgIpc) is 2.74. The normalized spacial score (nSPS) is 10.8. The third-order valence-electron chi connectivity index (χ3n) is 4.49. The molecule has 1 aromatic heterocycles. The van der Waals surface area contributed by atoms with Crippen molar-refractivity contribution in [1.29, 1.82) is 0 Å². The van der Waals surface area contributed by atoms with Crippen LogP contribution >= 0.6 is 11.6 Å². The Morgan fingerprint density at radius 2 is 1.80 bits per heavy atom. The first-order chi connectivity index (χ1) is 14.4. The van der Waals surface area contributed by atoms with Crippen LogP contribution in [0.25, 0.3) is 10.9 Å². The smallest absolute Gasteiger partial charge is 0.332 e. The van der Waals surface area contributed by atoms with Crippen molar-refractivity contribution < 1.29 is 18.7 Å². The van der Waals surface area contributed by atoms with Gasteiger partial charge in [-0.15, -0.1) is 0 Å². The van der Waals surface area contributed by atoms with Gasteiger partial charge in [-0.3, -0.25) is 18.7 Å². The molecule has 8 nitrogen and oxygen atoms in total. The summed E-state index contributed by atoms with van der Waals surface area (Å²) in [7, 11) is 2.87. The number of carbonyl (C=O) groups is 1. The summed E-state index contributed by atoms with van der Waals surface area (Å²) in [5, 5.41) is 3.10. The standard InChI is InChI=1S/C20H19ClFN3O5/c1-29-16-10-17(30-2)14(9-13(16)21)23-18(26)11-25-15-6-4-3-5-12(15)19(27)24(8-7-22)20(25)28/h3-6,9-10H,7-8,11H2,1-2H3,(H,23,26). The molecule has 1 N–H and O–H groups in total. The molecule has 0 unspecified atom stereocenters. The first kappa shape index (κ1) is 21.4. The molecule has 3 aromatic rings. The number of para-hydroxylation sites is 1. The van der Waals surface area contributed by atoms with Gasteiger partial charge in [-0.25, -0.2) is 9.18 Å². The van der Waals surface area contributed by atoms with Gasteiger partial charge >= 0.3 is 5.69 Å². The molecule has 0 radical (unpaired) electrons. The molecule has 10 heteroatoms. The molecule has 0 saturated heterocycles. The van der Waals surface area contributed by atoms with Crippen LogP contribution in [0.3, 0.4) is 0 Å². The molecule has 158 valence electrons. The highest BCUT2D eigenvalue weighted by atomic mass is 35.5. The molecule has 2 aromatic carbocycles. The van der Waals surface area contributed by atoms with E-state index in [1.54, 1.807) is 18.2 Å². The van der Waals surface area contributed by atoms with Crippen LogP contribution < -0.4 is 26.0 Å². The van der Waals surface area contributed by atoms with Crippen molar-refractivity contribution in [1.82, 2.24) is 9.13 Å². The summed E-state index contributed by atoms with van der Waals surface area (Å²) in [4.78, 5) is 38.0. The van der Waals surface area contributed by atoms with Gasteiger partial charge in [-0.1, -0.05) is 23.7 Å². The summed E-state index contributed by atoms with van der Waals surface area (Å²) in [5.74, 6) is 0.114. The number of aromatic nitrogens is 2. The second-order valence-electron chi connectivity index (χ2n) is 6.27. The predicted molar refractivity (Wildman–Crippen MR) is 112 cm³/mol. The first-order valence-corrected chi connectivity index (χ1v) is 9.28. The number of nitrogens with zero attached hydrogens (tertiary/aromatic N) is 2. The highest BCUT2D eigenvalue weighted by molar-refractivity contribution is 6.32. The monoisotopic (exact) mass is 435 g/mol. The molecule has 0 atom stereocenters. The predicted octanol–water partition coefficient (Wildman–Crippen LogP) is 2.44. The van der Waals surface area contributed by atoms with Crippen LogP contribution in [0.2, 0.25) is 5.02 Å². The molecule has 0 fully saturated rings. The zero-order chi connectivity index (χ0) is 21.8. The van der Waals surface area contributed by atoms with Crippen LogP contribution in [0.5, 0.6) is 11.5 Å². The van der Waals surface area contributed by atoms with Gasteiger partial charge in [0.25, 0.3) is 5.56 Å². The number of hydrogen-bond donors (Lipinski definition) is 1. The Bertz CT molecular complexity index is 1220. The molecule has 30 heavy (non-hydrogen) atoms. The summed E-state index contributed by atoms with van der Waals surface area (Å²) in [5.41, 5.74) is -0.819. The van der Waals surface area contributed by atoms with E-state index in [1.807, 2.05) is 0 Å². The molecule has 0 bridgehead atoms. The number of amides is 1. The zero-order valence-electron chi connectivity index (χ0n) is 16.3. The number of carbonyl (C=O) groups excluding carboxylic acids is 1. The van der Waals surface area contributed by atoms with E-state index in [2.05, 4.69) is 5.32 Å². The lowest BCUT2D eigenvalue weighted by atomic mass is 10.2. The highest BCUT2D eigenvalue weighted by Crippen LogP contribution is 2.35. The van der Waals surface area contributed by atoms with Gasteiger partial charge in [-0.2, -0.15) is 0 Å². The molecule has 0 saturated carbocycles. The van der Waals surface area contributed by atoms with Crippen molar-refractivity contribution in [2.24, 2.45) is 0 Å². The number of methoxy groups -OCH3 is 2. The number of nitrogens with one attached hydrogen (secondary N) is 1. The average molecular weight is 436 g/mol. The summed E-state index contributed by atoms with van der Waals surface area (Å²) in [6.45, 7) is -1.69. The third kappa shape index (κ3) is 4.02. The molecule has 0 aliphatic carbocycles. The molecule has 0 aliphatic heterocycles. The van der Waals surface area contributed by atoms with Crippen LogP contribution in [-0.4, -0.2) is 35.9 Å². The van der Waals surface area contributed by atoms with Gasteiger partial charge < -0.3 is 14.8 Å². The SMILES string of the molecule is COc1cc(OC)c(NC(=O)Cn2c(=O)n(CCF)c(=O)c3ccccc32)cc1Cl. The number of anilines is 1. The molecular formula is C20H19ClFN3O5. The highest BCUT2D eigenvalue weighted by Gasteiger charge is 2.17. The summed E-state index contributed by atoms with van der Waals surface area (Å²) < 4.78 is 25.1. The van der Waals surface area contributed by atoms with E-state index < -0.39 is 36.9 Å². The van der Waals surface area contributed by atoms with Crippen molar-refractivity contribution in [3.63, 3.8) is 0 Å². The Hall–Kier alpha value is -3.33. The number of benzene rings is 2. The van der Waals surface area contributed by atoms with Gasteiger partial charge in [-0.05, 0) is 18.2 Å². The maximum atomic E-state index is 12.9. The second-order valence-corrected chi connectivity index (χ2v) is 6.67. The quantitative estimate of drug-likeness (QED) is 0.615. The molecule has 0 spiro atoms. The minimum atomic E-state index is -0.888. The Kier molecular flexibility index (Phi) is 6.41. The van der Waals surface area contributed by atoms with Gasteiger partial charge in [0.2, 0.25) is 5.91 Å². The summed E-state index contributed by atoms with van der Waals surface area (Å²) >= 11 is 6.12. The van der Waals surface area contributed by atoms with Crippen molar-refractivity contribution in [3.05, 3.63) is 62.3 Å². The van der Waals surface area contributed by atoms with Crippen LogP contribution in [0.15, 0.2) is 46.0 Å². The summed E-state index contributed by atoms with van der Waals surface area (Å²) in [6.07, 6.45) is 0. The fourth-order valence-electron chi connectivity index (χ4n) is 3.10. The van der Waals surface area contributed by atoms with Crippen LogP contribution in [0.4, 0.5) is 10.1 Å². The minimum Gasteiger partial charge on any atom is -0.495 e. The molecule has 0 aliphatic rings. The van der Waals surface area contributed by atoms with E-state index in [0.29, 0.717) is 11.5 Å². The number of rotatable bonds is 7. The summed E-state index contributed by atoms with van der Waals surface area (Å²) in [6, 6.07) is 9.32. The van der Waals surface area contributed by atoms with E-state index in [0.717, 1.165) is 9.13 Å². The number of alkyl halides is 1. The van der Waals surface area contributed by atoms with Gasteiger partial charge in [0.15, 0.2) is 0 Å². The molecular weight excluding hydrogens is 417 g/mol. The fourth-order valence-corrected chi connectivity index (χ4v) is 3.34. The third-order valence-corrected chi connectivity index (χ3v) is 4.79. The van der Waals surface area contributed by atoms with Crippen molar-refractivity contribution in [2.75, 3.05) is 26.2 Å². The maximum Gasteiger partial charge on any atom is 0.332 e. The molecule has 1 heterocycles. The van der Waals surface area contributed by atoms with Crippen LogP contribution in [0, 0.1) is 0 Å². The van der Waals surface area contributed by atoms with E-state index in [9.17, 15) is 18.8 Å². The number of fused-ring (bicyclic) bond motifs is 1. The van der Waals surface area contributed by atoms with E-state index in [-0.39, 0.29) is 21.6 Å². The molecule has 1 amide bonds. The van der Waals surface area contributed by atoms with E-state index in [1.165, 1.54) is 32.4 Å². The fraction of sp³-hybridized carbons (Fsp3) is 0.250. The Labute approximate surface area is 175 Å². The van der Waals surface area contributed by atoms with Gasteiger partial charge in [0, 0.05) is 6.07 Å². The first-order valence-electron chi connectivity index (χ1n) is 8.91. The Morgan fingerprint density at radius 1 is 1.10 bits per heavy atom. The van der Waals surface area contributed by atoms with Crippen molar-refractivity contribution >= 4 is 34.1 Å². The minimum absolute atomic E-state index is 0.212. The zero-order valence-corrected chi connectivity index (χ0v) is 17.0. The van der Waals surface area contributed by atoms with E-state index in [4.69, 9.17) is 21.1 Å². The lowest BCUT2D eigenvalue weighted by molar-refractivity contribution is -0.116. The number of halogens is 2. The maximum absolute atomic E-state index is 12.9. The van der Waals surface area contributed by atoms with E-state index >= 15 is 0 Å². The van der Waals surface area contributed by atoms with Crippen molar-refractivity contribution in [2.45, 2.75) is 13.1 Å². The number of ether oxygens (including phenoxy) is 2. The Morgan fingerprint density at radius 3 is 2.47 bits per heavy atom. The van der Waals surface area contributed by atoms with Gasteiger partial charge in [0.05, 0.1) is 42.4 Å². The molecule has 3 rings (SSSR count). The van der Waals surface area contributed by atoms with Crippen molar-refractivity contribution in [3.8, 4) is 11.5 Å². The topological polar surface area (TPSA) is 91.6 Å². The van der Waals surface area contributed by atoms with Gasteiger partial charge in [0.1, 0.15) is 24.7 Å². The van der Waals surface area contributed by atoms with Crippen LogP contribution in [-0.2, 0) is 17.9 Å². The number of hydrogen-bond acceptors (Lipinski definition) is 5. The second kappa shape index (κ2) is 9.00. The van der Waals surface area contributed by atoms with Crippen LogP contribution in [0.1, 0.15) is 0 Å². The lowest BCUT2D eigenvalue weighted by Crippen LogP contribution is -2.42.